The van der Waals surface area contributed by atoms with Crippen molar-refractivity contribution in [2.24, 2.45) is 4.99 Å². The monoisotopic (exact) mass is 336 g/mol. The van der Waals surface area contributed by atoms with E-state index in [9.17, 15) is 4.79 Å². The summed E-state index contributed by atoms with van der Waals surface area (Å²) in [6.45, 7) is 10.0. The lowest BCUT2D eigenvalue weighted by Gasteiger charge is -2.25. The smallest absolute Gasteiger partial charge is 0.240 e. The van der Waals surface area contributed by atoms with Gasteiger partial charge in [0.2, 0.25) is 5.91 Å². The lowest BCUT2D eigenvalue weighted by molar-refractivity contribution is -0.122. The van der Waals surface area contributed by atoms with E-state index in [1.165, 1.54) is 0 Å². The molecule has 0 aromatic carbocycles. The number of carbonyl (C=O) groups excluding carboxylic acids is 1. The molecule has 0 aliphatic rings. The Morgan fingerprint density at radius 3 is 2.62 bits per heavy atom. The number of unbranched alkanes of at least 4 members (excludes halogenated alkanes) is 1. The number of aromatic nitrogens is 2. The highest BCUT2D eigenvalue weighted by Gasteiger charge is 2.16. The second-order valence-corrected chi connectivity index (χ2v) is 7.00. The topological polar surface area (TPSA) is 74.5 Å². The van der Waals surface area contributed by atoms with Crippen LogP contribution in [-0.4, -0.2) is 59.0 Å². The lowest BCUT2D eigenvalue weighted by Crippen LogP contribution is -2.48. The van der Waals surface area contributed by atoms with Crippen LogP contribution in [0.15, 0.2) is 17.4 Å². The summed E-state index contributed by atoms with van der Waals surface area (Å²) in [5.74, 6) is 1.77. The van der Waals surface area contributed by atoms with Gasteiger partial charge in [0.05, 0.1) is 6.54 Å². The molecule has 0 atom stereocenters. The Hall–Kier alpha value is -2.05. The van der Waals surface area contributed by atoms with Gasteiger partial charge in [0, 0.05) is 45.1 Å². The highest BCUT2D eigenvalue weighted by atomic mass is 16.2. The second kappa shape index (κ2) is 9.30. The zero-order valence-corrected chi connectivity index (χ0v) is 15.9. The maximum absolute atomic E-state index is 12.0. The standard InChI is InChI=1S/C17H32N6O/c1-14-19-10-12-23(14)11-8-7-9-20-16(18-5)22(6)13-15(24)21-17(2,3)4/h10,12H,7-9,11,13H2,1-6H3,(H,18,20)(H,21,24). The molecule has 0 saturated heterocycles. The maximum atomic E-state index is 12.0. The van der Waals surface area contributed by atoms with Gasteiger partial charge in [-0.1, -0.05) is 0 Å². The third-order valence-electron chi connectivity index (χ3n) is 3.50. The van der Waals surface area contributed by atoms with E-state index in [4.69, 9.17) is 0 Å². The SMILES string of the molecule is CN=C(NCCCCn1ccnc1C)N(C)CC(=O)NC(C)(C)C. The average molecular weight is 336 g/mol. The van der Waals surface area contributed by atoms with Gasteiger partial charge in [0.1, 0.15) is 5.82 Å². The van der Waals surface area contributed by atoms with E-state index in [1.807, 2.05) is 52.0 Å². The van der Waals surface area contributed by atoms with Crippen LogP contribution in [0.1, 0.15) is 39.4 Å². The molecule has 2 N–H and O–H groups in total. The first-order chi connectivity index (χ1) is 11.2. The molecule has 7 heteroatoms. The Labute approximate surface area is 145 Å². The number of nitrogens with zero attached hydrogens (tertiary/aromatic N) is 4. The Balaban J connectivity index is 2.28. The van der Waals surface area contributed by atoms with Crippen molar-refractivity contribution in [2.75, 3.05) is 27.2 Å². The Kier molecular flexibility index (Phi) is 7.74. The van der Waals surface area contributed by atoms with E-state index in [0.717, 1.165) is 37.7 Å². The number of rotatable bonds is 7. The molecule has 0 bridgehead atoms. The van der Waals surface area contributed by atoms with Crippen molar-refractivity contribution in [2.45, 2.75) is 52.6 Å². The minimum atomic E-state index is -0.222. The molecule has 136 valence electrons. The number of imidazole rings is 1. The summed E-state index contributed by atoms with van der Waals surface area (Å²) < 4.78 is 2.15. The lowest BCUT2D eigenvalue weighted by atomic mass is 10.1. The summed E-state index contributed by atoms with van der Waals surface area (Å²) in [5, 5.41) is 6.26. The molecule has 1 aromatic rings. The van der Waals surface area contributed by atoms with E-state index < -0.39 is 0 Å². The van der Waals surface area contributed by atoms with Crippen molar-refractivity contribution < 1.29 is 4.79 Å². The van der Waals surface area contributed by atoms with Gasteiger partial charge < -0.3 is 20.1 Å². The van der Waals surface area contributed by atoms with Gasteiger partial charge in [-0.25, -0.2) is 4.98 Å². The van der Waals surface area contributed by atoms with Crippen LogP contribution >= 0.6 is 0 Å². The molecule has 0 aliphatic carbocycles. The molecular weight excluding hydrogens is 304 g/mol. The fourth-order valence-corrected chi connectivity index (χ4v) is 2.38. The predicted octanol–water partition coefficient (Wildman–Crippen LogP) is 1.39. The molecule has 0 saturated carbocycles. The molecule has 0 aliphatic heterocycles. The third-order valence-corrected chi connectivity index (χ3v) is 3.50. The minimum absolute atomic E-state index is 0.0106. The first kappa shape index (κ1) is 20.0. The van der Waals surface area contributed by atoms with Gasteiger partial charge in [0.25, 0.3) is 0 Å². The Morgan fingerprint density at radius 2 is 2.08 bits per heavy atom. The highest BCUT2D eigenvalue weighted by molar-refractivity contribution is 5.86. The van der Waals surface area contributed by atoms with Crippen molar-refractivity contribution in [1.29, 1.82) is 0 Å². The molecule has 1 heterocycles. The predicted molar refractivity (Wildman–Crippen MR) is 98.1 cm³/mol. The van der Waals surface area contributed by atoms with Crippen LogP contribution in [0, 0.1) is 6.92 Å². The Morgan fingerprint density at radius 1 is 1.38 bits per heavy atom. The first-order valence-corrected chi connectivity index (χ1v) is 8.43. The summed E-state index contributed by atoms with van der Waals surface area (Å²) in [5.41, 5.74) is -0.222. The number of likely N-dealkylation sites (N-methyl/N-ethyl adjacent to an activating group) is 1. The quantitative estimate of drug-likeness (QED) is 0.448. The first-order valence-electron chi connectivity index (χ1n) is 8.43. The number of aryl methyl sites for hydroxylation is 2. The highest BCUT2D eigenvalue weighted by Crippen LogP contribution is 2.00. The normalized spacial score (nSPS) is 12.2. The zero-order valence-electron chi connectivity index (χ0n) is 15.9. The summed E-state index contributed by atoms with van der Waals surface area (Å²) in [4.78, 5) is 22.3. The largest absolute Gasteiger partial charge is 0.356 e. The summed E-state index contributed by atoms with van der Waals surface area (Å²) in [6, 6.07) is 0. The van der Waals surface area contributed by atoms with Crippen LogP contribution in [0.5, 0.6) is 0 Å². The van der Waals surface area contributed by atoms with Crippen molar-refractivity contribution >= 4 is 11.9 Å². The summed E-state index contributed by atoms with van der Waals surface area (Å²) in [6.07, 6.45) is 5.92. The molecular formula is C17H32N6O. The van der Waals surface area contributed by atoms with Crippen LogP contribution in [0.2, 0.25) is 0 Å². The molecule has 0 fully saturated rings. The van der Waals surface area contributed by atoms with E-state index in [-0.39, 0.29) is 18.0 Å². The average Bonchev–Trinajstić information content (AvgIpc) is 2.86. The molecule has 7 nitrogen and oxygen atoms in total. The van der Waals surface area contributed by atoms with E-state index in [2.05, 4.69) is 25.2 Å². The molecule has 24 heavy (non-hydrogen) atoms. The minimum Gasteiger partial charge on any atom is -0.356 e. The van der Waals surface area contributed by atoms with Gasteiger partial charge in [-0.2, -0.15) is 0 Å². The van der Waals surface area contributed by atoms with E-state index in [1.54, 1.807) is 7.05 Å². The number of amides is 1. The number of carbonyl (C=O) groups is 1. The van der Waals surface area contributed by atoms with E-state index >= 15 is 0 Å². The molecule has 1 rings (SSSR count). The molecule has 0 radical (unpaired) electrons. The van der Waals surface area contributed by atoms with Crippen LogP contribution in [0.3, 0.4) is 0 Å². The van der Waals surface area contributed by atoms with E-state index in [0.29, 0.717) is 0 Å². The van der Waals surface area contributed by atoms with Crippen molar-refractivity contribution in [3.05, 3.63) is 18.2 Å². The third kappa shape index (κ3) is 7.48. The van der Waals surface area contributed by atoms with Crippen LogP contribution < -0.4 is 10.6 Å². The number of hydrogen-bond donors (Lipinski definition) is 2. The van der Waals surface area contributed by atoms with Crippen LogP contribution in [0.25, 0.3) is 0 Å². The van der Waals surface area contributed by atoms with Gasteiger partial charge in [-0.05, 0) is 40.5 Å². The fourth-order valence-electron chi connectivity index (χ4n) is 2.38. The number of aliphatic imine (C=N–C) groups is 1. The Bertz CT molecular complexity index is 544. The van der Waals surface area contributed by atoms with Gasteiger partial charge in [-0.3, -0.25) is 9.79 Å². The van der Waals surface area contributed by atoms with Gasteiger partial charge in [0.15, 0.2) is 5.96 Å². The van der Waals surface area contributed by atoms with Crippen molar-refractivity contribution in [1.82, 2.24) is 25.1 Å². The molecule has 0 spiro atoms. The summed E-state index contributed by atoms with van der Waals surface area (Å²) >= 11 is 0. The fraction of sp³-hybridized carbons (Fsp3) is 0.706. The number of hydrogen-bond acceptors (Lipinski definition) is 3. The van der Waals surface area contributed by atoms with Crippen LogP contribution in [-0.2, 0) is 11.3 Å². The second-order valence-electron chi connectivity index (χ2n) is 7.00. The number of guanidine groups is 1. The van der Waals surface area contributed by atoms with Gasteiger partial charge in [-0.15, -0.1) is 0 Å². The van der Waals surface area contributed by atoms with Crippen molar-refractivity contribution in [3.8, 4) is 0 Å². The maximum Gasteiger partial charge on any atom is 0.240 e. The van der Waals surface area contributed by atoms with Gasteiger partial charge >= 0.3 is 0 Å². The zero-order chi connectivity index (χ0) is 18.2. The van der Waals surface area contributed by atoms with Crippen molar-refractivity contribution in [3.63, 3.8) is 0 Å². The molecule has 1 aromatic heterocycles. The number of nitrogens with one attached hydrogen (secondary N) is 2. The summed E-state index contributed by atoms with van der Waals surface area (Å²) in [7, 11) is 3.60. The van der Waals surface area contributed by atoms with Crippen LogP contribution in [0.4, 0.5) is 0 Å². The molecule has 0 unspecified atom stereocenters. The molecule has 1 amide bonds.